The monoisotopic (exact) mass is 642 g/mol. The number of amides is 3. The molecular formula is C26H15Cl3F2N2O7S. The van der Waals surface area contributed by atoms with E-state index in [2.05, 4.69) is 5.32 Å². The number of anilines is 1. The van der Waals surface area contributed by atoms with Gasteiger partial charge in [-0.2, -0.15) is 0 Å². The third-order valence-electron chi connectivity index (χ3n) is 4.93. The van der Waals surface area contributed by atoms with Crippen molar-refractivity contribution in [2.75, 3.05) is 5.32 Å². The number of rotatable bonds is 8. The average molecular weight is 644 g/mol. The molecule has 41 heavy (non-hydrogen) atoms. The summed E-state index contributed by atoms with van der Waals surface area (Å²) in [7, 11) is -4.45. The second-order valence-electron chi connectivity index (χ2n) is 7.88. The van der Waals surface area contributed by atoms with Gasteiger partial charge in [0.2, 0.25) is 0 Å². The maximum absolute atomic E-state index is 13.8. The zero-order valence-corrected chi connectivity index (χ0v) is 23.2. The van der Waals surface area contributed by atoms with Gasteiger partial charge >= 0.3 is 16.4 Å². The SMILES string of the molecule is O=C(NC(=O)c1c(F)cccc1F)Nc1cc(Cl)c(Oc2ccc(OS(=O)(=O)Oc3ccc(Cl)cc3)cc2)c(Cl)c1. The zero-order chi connectivity index (χ0) is 29.7. The summed E-state index contributed by atoms with van der Waals surface area (Å²) in [6, 6.07) is 15.1. The normalized spacial score (nSPS) is 11.0. The van der Waals surface area contributed by atoms with Crippen molar-refractivity contribution in [1.82, 2.24) is 5.32 Å². The molecule has 0 aliphatic carbocycles. The molecule has 2 N–H and O–H groups in total. The van der Waals surface area contributed by atoms with E-state index in [0.717, 1.165) is 18.2 Å². The maximum Gasteiger partial charge on any atom is 0.500 e. The Hall–Kier alpha value is -4.10. The van der Waals surface area contributed by atoms with Crippen molar-refractivity contribution in [3.05, 3.63) is 111 Å². The summed E-state index contributed by atoms with van der Waals surface area (Å²) in [5.41, 5.74) is -0.896. The van der Waals surface area contributed by atoms with Crippen LogP contribution in [0.4, 0.5) is 19.3 Å². The van der Waals surface area contributed by atoms with Crippen LogP contribution in [0.5, 0.6) is 23.0 Å². The van der Waals surface area contributed by atoms with E-state index < -0.39 is 39.5 Å². The van der Waals surface area contributed by atoms with Gasteiger partial charge in [0.05, 0.1) is 10.0 Å². The van der Waals surface area contributed by atoms with Crippen molar-refractivity contribution in [2.45, 2.75) is 0 Å². The molecule has 0 aromatic heterocycles. The van der Waals surface area contributed by atoms with Gasteiger partial charge in [0.25, 0.3) is 5.91 Å². The third kappa shape index (κ3) is 7.98. The molecule has 0 fully saturated rings. The van der Waals surface area contributed by atoms with E-state index in [1.807, 2.05) is 0 Å². The van der Waals surface area contributed by atoms with Crippen LogP contribution >= 0.6 is 34.8 Å². The molecule has 9 nitrogen and oxygen atoms in total. The largest absolute Gasteiger partial charge is 0.500 e. The van der Waals surface area contributed by atoms with Gasteiger partial charge in [-0.25, -0.2) is 13.6 Å². The lowest BCUT2D eigenvalue weighted by molar-refractivity contribution is 0.0959. The number of carbonyl (C=O) groups excluding carboxylic acids is 2. The Bertz CT molecular complexity index is 1680. The fourth-order valence-electron chi connectivity index (χ4n) is 3.20. The predicted octanol–water partition coefficient (Wildman–Crippen LogP) is 7.38. The van der Waals surface area contributed by atoms with Crippen LogP contribution in [0.1, 0.15) is 10.4 Å². The second kappa shape index (κ2) is 12.6. The van der Waals surface area contributed by atoms with E-state index in [0.29, 0.717) is 5.02 Å². The van der Waals surface area contributed by atoms with Crippen LogP contribution in [0.3, 0.4) is 0 Å². The Kier molecular flexibility index (Phi) is 9.18. The molecular weight excluding hydrogens is 629 g/mol. The van der Waals surface area contributed by atoms with E-state index in [4.69, 9.17) is 47.9 Å². The molecule has 0 radical (unpaired) electrons. The lowest BCUT2D eigenvalue weighted by Gasteiger charge is -2.13. The van der Waals surface area contributed by atoms with Crippen molar-refractivity contribution >= 4 is 62.8 Å². The van der Waals surface area contributed by atoms with Crippen LogP contribution in [0, 0.1) is 11.6 Å². The van der Waals surface area contributed by atoms with Gasteiger partial charge in [-0.05, 0) is 72.8 Å². The van der Waals surface area contributed by atoms with E-state index in [1.54, 1.807) is 5.32 Å². The van der Waals surface area contributed by atoms with E-state index >= 15 is 0 Å². The van der Waals surface area contributed by atoms with Gasteiger partial charge in [0, 0.05) is 10.7 Å². The van der Waals surface area contributed by atoms with Crippen LogP contribution in [0.2, 0.25) is 15.1 Å². The Morgan fingerprint density at radius 3 is 1.76 bits per heavy atom. The summed E-state index contributed by atoms with van der Waals surface area (Å²) in [6.45, 7) is 0. The molecule has 0 aliphatic heterocycles. The molecule has 0 bridgehead atoms. The Morgan fingerprint density at radius 2 is 1.22 bits per heavy atom. The van der Waals surface area contributed by atoms with Gasteiger partial charge in [0.15, 0.2) is 5.75 Å². The molecule has 0 saturated heterocycles. The van der Waals surface area contributed by atoms with Crippen molar-refractivity contribution in [3.8, 4) is 23.0 Å². The maximum atomic E-state index is 13.8. The summed E-state index contributed by atoms with van der Waals surface area (Å²) in [5.74, 6) is -3.50. The number of carbonyl (C=O) groups is 2. The number of ether oxygens (including phenoxy) is 1. The zero-order valence-electron chi connectivity index (χ0n) is 20.2. The number of halogens is 5. The summed E-state index contributed by atoms with van der Waals surface area (Å²) >= 11 is 18.2. The molecule has 0 heterocycles. The quantitative estimate of drug-likeness (QED) is 0.206. The standard InChI is InChI=1S/C26H15Cl3F2N2O7S/c27-14-4-6-17(7-5-14)39-41(36,37)40-18-10-8-16(9-11-18)38-24-19(28)12-15(13-20(24)29)32-26(35)33-25(34)23-21(30)2-1-3-22(23)31/h1-13H,(H2,32,33,34,35). The number of nitrogens with one attached hydrogen (secondary N) is 2. The number of benzene rings is 4. The van der Waals surface area contributed by atoms with Gasteiger partial charge < -0.3 is 18.4 Å². The fraction of sp³-hybridized carbons (Fsp3) is 0. The van der Waals surface area contributed by atoms with Crippen molar-refractivity contribution < 1.29 is 39.9 Å². The van der Waals surface area contributed by atoms with Crippen LogP contribution in [0.15, 0.2) is 78.9 Å². The van der Waals surface area contributed by atoms with Gasteiger partial charge in [-0.1, -0.05) is 40.9 Å². The molecule has 3 amide bonds. The first kappa shape index (κ1) is 29.9. The topological polar surface area (TPSA) is 120 Å². The molecule has 0 aliphatic rings. The van der Waals surface area contributed by atoms with Crippen LogP contribution in [-0.4, -0.2) is 20.4 Å². The summed E-state index contributed by atoms with van der Waals surface area (Å²) < 4.78 is 67.3. The molecule has 0 unspecified atom stereocenters. The first-order chi connectivity index (χ1) is 19.4. The minimum absolute atomic E-state index is 0.000330. The molecule has 0 atom stereocenters. The fourth-order valence-corrected chi connectivity index (χ4v) is 4.61. The number of hydrogen-bond acceptors (Lipinski definition) is 7. The second-order valence-corrected chi connectivity index (χ2v) is 10.3. The molecule has 212 valence electrons. The molecule has 0 saturated carbocycles. The Balaban J connectivity index is 1.38. The van der Waals surface area contributed by atoms with Crippen LogP contribution in [0.25, 0.3) is 0 Å². The Labute approximate surface area is 246 Å². The molecule has 0 spiro atoms. The Morgan fingerprint density at radius 1 is 0.732 bits per heavy atom. The molecule has 4 aromatic carbocycles. The van der Waals surface area contributed by atoms with Crippen molar-refractivity contribution in [2.24, 2.45) is 0 Å². The smallest absolute Gasteiger partial charge is 0.454 e. The lowest BCUT2D eigenvalue weighted by Crippen LogP contribution is -2.35. The summed E-state index contributed by atoms with van der Waals surface area (Å²) in [4.78, 5) is 24.3. The highest BCUT2D eigenvalue weighted by molar-refractivity contribution is 7.82. The van der Waals surface area contributed by atoms with E-state index in [9.17, 15) is 26.8 Å². The number of urea groups is 1. The third-order valence-corrected chi connectivity index (χ3v) is 6.53. The van der Waals surface area contributed by atoms with Crippen LogP contribution < -0.4 is 23.7 Å². The van der Waals surface area contributed by atoms with Crippen LogP contribution in [-0.2, 0) is 10.4 Å². The van der Waals surface area contributed by atoms with Crippen molar-refractivity contribution in [3.63, 3.8) is 0 Å². The summed E-state index contributed by atoms with van der Waals surface area (Å²) in [5, 5.41) is 4.36. The highest BCUT2D eigenvalue weighted by atomic mass is 35.5. The highest BCUT2D eigenvalue weighted by Crippen LogP contribution is 2.39. The first-order valence-electron chi connectivity index (χ1n) is 11.1. The molecule has 15 heteroatoms. The first-order valence-corrected chi connectivity index (χ1v) is 13.6. The summed E-state index contributed by atoms with van der Waals surface area (Å²) in [6.07, 6.45) is 0. The number of hydrogen-bond donors (Lipinski definition) is 2. The molecule has 4 rings (SSSR count). The van der Waals surface area contributed by atoms with Gasteiger partial charge in [0.1, 0.15) is 34.4 Å². The predicted molar refractivity (Wildman–Crippen MR) is 147 cm³/mol. The average Bonchev–Trinajstić information content (AvgIpc) is 2.88. The minimum Gasteiger partial charge on any atom is -0.454 e. The van der Waals surface area contributed by atoms with Gasteiger partial charge in [-0.15, -0.1) is 8.42 Å². The number of imide groups is 1. The molecule has 4 aromatic rings. The van der Waals surface area contributed by atoms with E-state index in [1.165, 1.54) is 60.7 Å². The minimum atomic E-state index is -4.45. The van der Waals surface area contributed by atoms with E-state index in [-0.39, 0.29) is 38.7 Å². The lowest BCUT2D eigenvalue weighted by atomic mass is 10.2. The highest BCUT2D eigenvalue weighted by Gasteiger charge is 2.20. The van der Waals surface area contributed by atoms with Crippen molar-refractivity contribution in [1.29, 1.82) is 0 Å². The van der Waals surface area contributed by atoms with Gasteiger partial charge in [-0.3, -0.25) is 10.1 Å².